The van der Waals surface area contributed by atoms with Gasteiger partial charge in [0.05, 0.1) is 5.92 Å². The van der Waals surface area contributed by atoms with E-state index in [9.17, 15) is 9.59 Å². The van der Waals surface area contributed by atoms with Gasteiger partial charge in [-0.15, -0.1) is 0 Å². The summed E-state index contributed by atoms with van der Waals surface area (Å²) in [7, 11) is 0. The number of amides is 1. The van der Waals surface area contributed by atoms with Gasteiger partial charge in [-0.25, -0.2) is 0 Å². The van der Waals surface area contributed by atoms with E-state index in [1.165, 1.54) is 25.7 Å². The largest absolute Gasteiger partial charge is 0.481 e. The highest BCUT2D eigenvalue weighted by atomic mass is 16.4. The topological polar surface area (TPSA) is 66.4 Å². The molecular formula is C15H27NO3. The maximum Gasteiger partial charge on any atom is 0.308 e. The monoisotopic (exact) mass is 269 g/mol. The summed E-state index contributed by atoms with van der Waals surface area (Å²) >= 11 is 0. The van der Waals surface area contributed by atoms with Crippen molar-refractivity contribution in [3.05, 3.63) is 0 Å². The van der Waals surface area contributed by atoms with Crippen LogP contribution in [-0.2, 0) is 9.59 Å². The summed E-state index contributed by atoms with van der Waals surface area (Å²) in [4.78, 5) is 22.8. The minimum Gasteiger partial charge on any atom is -0.481 e. The van der Waals surface area contributed by atoms with Crippen molar-refractivity contribution in [1.82, 2.24) is 5.32 Å². The molecule has 1 atom stereocenters. The molecule has 1 rings (SSSR count). The van der Waals surface area contributed by atoms with Crippen LogP contribution in [0, 0.1) is 11.8 Å². The molecule has 0 aromatic carbocycles. The third kappa shape index (κ3) is 6.60. The standard InChI is InChI=1S/C15H27NO3/c1-2-7-13(15(18)19)11-16-14(17)10-12-8-5-3-4-6-9-12/h12-13H,2-11H2,1H3,(H,16,17)(H,18,19). The number of carbonyl (C=O) groups is 2. The average molecular weight is 269 g/mol. The second-order valence-corrected chi connectivity index (χ2v) is 5.69. The second-order valence-electron chi connectivity index (χ2n) is 5.69. The Hall–Kier alpha value is -1.06. The van der Waals surface area contributed by atoms with Crippen molar-refractivity contribution in [1.29, 1.82) is 0 Å². The van der Waals surface area contributed by atoms with Crippen LogP contribution < -0.4 is 5.32 Å². The maximum atomic E-state index is 11.9. The first kappa shape index (κ1) is 16.0. The van der Waals surface area contributed by atoms with Crippen molar-refractivity contribution in [2.45, 2.75) is 64.7 Å². The first-order valence-electron chi connectivity index (χ1n) is 7.63. The number of hydrogen-bond acceptors (Lipinski definition) is 2. The number of carbonyl (C=O) groups excluding carboxylic acids is 1. The van der Waals surface area contributed by atoms with Crippen LogP contribution in [0.4, 0.5) is 0 Å². The summed E-state index contributed by atoms with van der Waals surface area (Å²) in [5.74, 6) is -0.731. The Morgan fingerprint density at radius 3 is 2.37 bits per heavy atom. The Morgan fingerprint density at radius 2 is 1.84 bits per heavy atom. The third-order valence-corrected chi connectivity index (χ3v) is 3.98. The van der Waals surface area contributed by atoms with E-state index in [2.05, 4.69) is 5.32 Å². The Kier molecular flexibility index (Phi) is 7.53. The smallest absolute Gasteiger partial charge is 0.308 e. The molecule has 1 saturated carbocycles. The van der Waals surface area contributed by atoms with Gasteiger partial charge in [0.15, 0.2) is 0 Å². The van der Waals surface area contributed by atoms with E-state index in [1.807, 2.05) is 6.92 Å². The Labute approximate surface area is 116 Å². The summed E-state index contributed by atoms with van der Waals surface area (Å²) in [5.41, 5.74) is 0. The second kappa shape index (κ2) is 8.94. The van der Waals surface area contributed by atoms with Crippen molar-refractivity contribution in [3.63, 3.8) is 0 Å². The molecule has 0 aromatic rings. The van der Waals surface area contributed by atoms with Gasteiger partial charge in [-0.1, -0.05) is 39.0 Å². The molecule has 0 aromatic heterocycles. The van der Waals surface area contributed by atoms with Crippen molar-refractivity contribution in [2.75, 3.05) is 6.54 Å². The van der Waals surface area contributed by atoms with E-state index in [-0.39, 0.29) is 12.5 Å². The maximum absolute atomic E-state index is 11.9. The molecule has 4 nitrogen and oxygen atoms in total. The van der Waals surface area contributed by atoms with Crippen molar-refractivity contribution in [3.8, 4) is 0 Å². The zero-order chi connectivity index (χ0) is 14.1. The number of hydrogen-bond donors (Lipinski definition) is 2. The first-order chi connectivity index (χ1) is 9.13. The van der Waals surface area contributed by atoms with Crippen LogP contribution in [-0.4, -0.2) is 23.5 Å². The molecule has 0 spiro atoms. The molecule has 1 aliphatic rings. The van der Waals surface area contributed by atoms with Crippen molar-refractivity contribution in [2.24, 2.45) is 11.8 Å². The molecule has 19 heavy (non-hydrogen) atoms. The minimum absolute atomic E-state index is 0.0225. The average Bonchev–Trinajstić information content (AvgIpc) is 2.62. The fraction of sp³-hybridized carbons (Fsp3) is 0.867. The number of carboxylic acid groups (broad SMARTS) is 1. The number of carboxylic acids is 1. The Balaban J connectivity index is 2.27. The minimum atomic E-state index is -0.809. The molecule has 2 N–H and O–H groups in total. The fourth-order valence-electron chi connectivity index (χ4n) is 2.80. The van der Waals surface area contributed by atoms with Crippen LogP contribution in [0.25, 0.3) is 0 Å². The first-order valence-corrected chi connectivity index (χ1v) is 7.63. The SMILES string of the molecule is CCCC(CNC(=O)CC1CCCCCC1)C(=O)O. The summed E-state index contributed by atoms with van der Waals surface area (Å²) in [5, 5.41) is 11.8. The molecule has 0 saturated heterocycles. The van der Waals surface area contributed by atoms with E-state index in [0.29, 0.717) is 18.8 Å². The molecule has 1 aliphatic carbocycles. The fourth-order valence-corrected chi connectivity index (χ4v) is 2.80. The zero-order valence-corrected chi connectivity index (χ0v) is 12.0. The van der Waals surface area contributed by atoms with E-state index in [1.54, 1.807) is 0 Å². The number of aliphatic carboxylic acids is 1. The third-order valence-electron chi connectivity index (χ3n) is 3.98. The van der Waals surface area contributed by atoms with Gasteiger partial charge < -0.3 is 10.4 Å². The van der Waals surface area contributed by atoms with Gasteiger partial charge in [-0.2, -0.15) is 0 Å². The summed E-state index contributed by atoms with van der Waals surface area (Å²) in [6, 6.07) is 0. The molecule has 1 unspecified atom stereocenters. The molecule has 0 aliphatic heterocycles. The van der Waals surface area contributed by atoms with Crippen LogP contribution in [0.3, 0.4) is 0 Å². The van der Waals surface area contributed by atoms with E-state index in [0.717, 1.165) is 19.3 Å². The lowest BCUT2D eigenvalue weighted by atomic mass is 9.96. The van der Waals surface area contributed by atoms with Crippen molar-refractivity contribution < 1.29 is 14.7 Å². The highest BCUT2D eigenvalue weighted by molar-refractivity contribution is 5.77. The van der Waals surface area contributed by atoms with Crippen molar-refractivity contribution >= 4 is 11.9 Å². The van der Waals surface area contributed by atoms with Gasteiger partial charge >= 0.3 is 5.97 Å². The summed E-state index contributed by atoms with van der Waals surface area (Å²) in [6.07, 6.45) is 9.34. The molecule has 1 amide bonds. The Bertz CT molecular complexity index is 283. The quantitative estimate of drug-likeness (QED) is 0.698. The van der Waals surface area contributed by atoms with Gasteiger partial charge in [-0.3, -0.25) is 9.59 Å². The lowest BCUT2D eigenvalue weighted by molar-refractivity contribution is -0.141. The highest BCUT2D eigenvalue weighted by Crippen LogP contribution is 2.25. The lowest BCUT2D eigenvalue weighted by Gasteiger charge is -2.16. The van der Waals surface area contributed by atoms with Gasteiger partial charge in [0.25, 0.3) is 0 Å². The molecular weight excluding hydrogens is 242 g/mol. The molecule has 0 radical (unpaired) electrons. The summed E-state index contributed by atoms with van der Waals surface area (Å²) < 4.78 is 0. The Morgan fingerprint density at radius 1 is 1.21 bits per heavy atom. The van der Waals surface area contributed by atoms with Crippen LogP contribution in [0.15, 0.2) is 0 Å². The van der Waals surface area contributed by atoms with E-state index >= 15 is 0 Å². The van der Waals surface area contributed by atoms with Crippen LogP contribution >= 0.6 is 0 Å². The van der Waals surface area contributed by atoms with E-state index in [4.69, 9.17) is 5.11 Å². The van der Waals surface area contributed by atoms with Gasteiger partial charge in [-0.05, 0) is 25.2 Å². The van der Waals surface area contributed by atoms with Crippen LogP contribution in [0.1, 0.15) is 64.7 Å². The lowest BCUT2D eigenvalue weighted by Crippen LogP contribution is -2.33. The van der Waals surface area contributed by atoms with E-state index < -0.39 is 11.9 Å². The van der Waals surface area contributed by atoms with Gasteiger partial charge in [0.2, 0.25) is 5.91 Å². The summed E-state index contributed by atoms with van der Waals surface area (Å²) in [6.45, 7) is 2.23. The van der Waals surface area contributed by atoms with Gasteiger partial charge in [0.1, 0.15) is 0 Å². The molecule has 1 fully saturated rings. The van der Waals surface area contributed by atoms with Gasteiger partial charge in [0, 0.05) is 13.0 Å². The normalized spacial score (nSPS) is 18.6. The molecule has 0 heterocycles. The number of nitrogens with one attached hydrogen (secondary N) is 1. The molecule has 110 valence electrons. The number of rotatable bonds is 7. The highest BCUT2D eigenvalue weighted by Gasteiger charge is 2.19. The van der Waals surface area contributed by atoms with Crippen LogP contribution in [0.2, 0.25) is 0 Å². The predicted octanol–water partition coefficient (Wildman–Crippen LogP) is 2.96. The van der Waals surface area contributed by atoms with Crippen LogP contribution in [0.5, 0.6) is 0 Å². The molecule has 4 heteroatoms. The zero-order valence-electron chi connectivity index (χ0n) is 12.0. The molecule has 0 bridgehead atoms. The predicted molar refractivity (Wildman–Crippen MR) is 74.9 cm³/mol.